The molecule has 1 aromatic carbocycles. The minimum absolute atomic E-state index is 0. The molecule has 2 N–H and O–H groups in total. The van der Waals surface area contributed by atoms with Crippen molar-refractivity contribution < 1.29 is 4.74 Å². The van der Waals surface area contributed by atoms with Crippen LogP contribution in [0.5, 0.6) is 0 Å². The Kier molecular flexibility index (Phi) is 7.27. The van der Waals surface area contributed by atoms with Gasteiger partial charge in [-0.05, 0) is 37.0 Å². The Bertz CT molecular complexity index is 428. The highest BCUT2D eigenvalue weighted by Gasteiger charge is 2.27. The lowest BCUT2D eigenvalue weighted by molar-refractivity contribution is 0.0102. The van der Waals surface area contributed by atoms with E-state index in [-0.39, 0.29) is 12.4 Å². The van der Waals surface area contributed by atoms with E-state index in [9.17, 15) is 0 Å². The zero-order chi connectivity index (χ0) is 13.8. The maximum Gasteiger partial charge on any atom is 0.0599 e. The number of nitrogens with two attached hydrogens (primary N) is 1. The number of hydrogen-bond acceptors (Lipinski definition) is 3. The Hall–Kier alpha value is -0.320. The van der Waals surface area contributed by atoms with Crippen LogP contribution in [0, 0.1) is 6.92 Å². The number of halogens is 2. The van der Waals surface area contributed by atoms with Gasteiger partial charge in [0.25, 0.3) is 0 Å². The molecule has 2 atom stereocenters. The number of likely N-dealkylation sites (tertiary alicyclic amines) is 1. The van der Waals surface area contributed by atoms with E-state index in [1.807, 2.05) is 6.92 Å². The van der Waals surface area contributed by atoms with Crippen molar-refractivity contribution in [3.8, 4) is 0 Å². The van der Waals surface area contributed by atoms with Crippen molar-refractivity contribution >= 4 is 24.0 Å². The molecule has 0 aromatic heterocycles. The molecule has 0 amide bonds. The number of benzene rings is 1. The van der Waals surface area contributed by atoms with Crippen LogP contribution in [0.3, 0.4) is 0 Å². The van der Waals surface area contributed by atoms with Crippen molar-refractivity contribution in [3.63, 3.8) is 0 Å². The summed E-state index contributed by atoms with van der Waals surface area (Å²) in [4.78, 5) is 2.44. The van der Waals surface area contributed by atoms with Crippen molar-refractivity contribution in [2.75, 3.05) is 20.2 Å². The molecule has 0 bridgehead atoms. The molecule has 0 aliphatic carbocycles. The standard InChI is InChI=1S/C15H23ClN2O.ClH/c1-11-3-4-12(7-15(11)16)10-18-6-5-14(19-2)8-13(18)9-17;/h3-4,7,13-14H,5-6,8-10,17H2,1-2H3;1H. The first-order valence-corrected chi connectivity index (χ1v) is 7.23. The summed E-state index contributed by atoms with van der Waals surface area (Å²) < 4.78 is 5.45. The fourth-order valence-electron chi connectivity index (χ4n) is 2.70. The van der Waals surface area contributed by atoms with Gasteiger partial charge in [-0.15, -0.1) is 12.4 Å². The molecule has 1 saturated heterocycles. The molecular formula is C15H24Cl2N2O. The first-order chi connectivity index (χ1) is 9.13. The molecule has 0 radical (unpaired) electrons. The largest absolute Gasteiger partial charge is 0.381 e. The molecule has 0 saturated carbocycles. The van der Waals surface area contributed by atoms with Crippen LogP contribution in [-0.2, 0) is 11.3 Å². The average Bonchev–Trinajstić information content (AvgIpc) is 2.43. The molecule has 5 heteroatoms. The minimum Gasteiger partial charge on any atom is -0.381 e. The maximum atomic E-state index is 6.18. The van der Waals surface area contributed by atoms with E-state index in [1.54, 1.807) is 7.11 Å². The summed E-state index contributed by atoms with van der Waals surface area (Å²) in [6, 6.07) is 6.69. The van der Waals surface area contributed by atoms with E-state index in [4.69, 9.17) is 22.1 Å². The molecule has 1 aromatic rings. The van der Waals surface area contributed by atoms with Gasteiger partial charge < -0.3 is 10.5 Å². The third-order valence-corrected chi connectivity index (χ3v) is 4.42. The quantitative estimate of drug-likeness (QED) is 0.927. The maximum absolute atomic E-state index is 6.18. The van der Waals surface area contributed by atoms with Crippen LogP contribution in [0.15, 0.2) is 18.2 Å². The van der Waals surface area contributed by atoms with Crippen LogP contribution in [0.4, 0.5) is 0 Å². The molecule has 2 rings (SSSR count). The second kappa shape index (κ2) is 8.20. The fourth-order valence-corrected chi connectivity index (χ4v) is 2.90. The predicted molar refractivity (Wildman–Crippen MR) is 86.7 cm³/mol. The van der Waals surface area contributed by atoms with Gasteiger partial charge in [-0.1, -0.05) is 23.7 Å². The highest BCUT2D eigenvalue weighted by atomic mass is 35.5. The van der Waals surface area contributed by atoms with E-state index in [0.717, 1.165) is 36.5 Å². The first kappa shape index (κ1) is 17.7. The Morgan fingerprint density at radius 3 is 2.80 bits per heavy atom. The van der Waals surface area contributed by atoms with Gasteiger partial charge in [0.2, 0.25) is 0 Å². The molecule has 1 aliphatic rings. The topological polar surface area (TPSA) is 38.5 Å². The fraction of sp³-hybridized carbons (Fsp3) is 0.600. The van der Waals surface area contributed by atoms with Crippen LogP contribution in [0.1, 0.15) is 24.0 Å². The summed E-state index contributed by atoms with van der Waals surface area (Å²) >= 11 is 6.18. The normalized spacial score (nSPS) is 23.4. The van der Waals surface area contributed by atoms with E-state index in [1.165, 1.54) is 5.56 Å². The Labute approximate surface area is 132 Å². The van der Waals surface area contributed by atoms with Crippen molar-refractivity contribution in [2.24, 2.45) is 5.73 Å². The van der Waals surface area contributed by atoms with Crippen molar-refractivity contribution in [1.29, 1.82) is 0 Å². The van der Waals surface area contributed by atoms with E-state index in [2.05, 4.69) is 23.1 Å². The Balaban J connectivity index is 0.00000200. The molecule has 0 spiro atoms. The SMILES string of the molecule is COC1CCN(Cc2ccc(C)c(Cl)c2)C(CN)C1.Cl. The van der Waals surface area contributed by atoms with Crippen molar-refractivity contribution in [1.82, 2.24) is 4.90 Å². The number of nitrogens with zero attached hydrogens (tertiary/aromatic N) is 1. The van der Waals surface area contributed by atoms with Gasteiger partial charge in [0.15, 0.2) is 0 Å². The molecule has 20 heavy (non-hydrogen) atoms. The van der Waals surface area contributed by atoms with Crippen LogP contribution in [0.2, 0.25) is 5.02 Å². The molecule has 114 valence electrons. The van der Waals surface area contributed by atoms with E-state index < -0.39 is 0 Å². The number of hydrogen-bond donors (Lipinski definition) is 1. The smallest absolute Gasteiger partial charge is 0.0599 e. The number of ether oxygens (including phenoxy) is 1. The van der Waals surface area contributed by atoms with Gasteiger partial charge in [0.1, 0.15) is 0 Å². The lowest BCUT2D eigenvalue weighted by atomic mass is 9.98. The summed E-state index contributed by atoms with van der Waals surface area (Å²) in [5.41, 5.74) is 8.27. The van der Waals surface area contributed by atoms with Gasteiger partial charge in [0, 0.05) is 37.8 Å². The number of rotatable bonds is 4. The molecule has 1 fully saturated rings. The van der Waals surface area contributed by atoms with Crippen LogP contribution >= 0.6 is 24.0 Å². The third kappa shape index (κ3) is 4.34. The second-order valence-electron chi connectivity index (χ2n) is 5.33. The van der Waals surface area contributed by atoms with Crippen molar-refractivity contribution in [3.05, 3.63) is 34.3 Å². The summed E-state index contributed by atoms with van der Waals surface area (Å²) in [5.74, 6) is 0. The summed E-state index contributed by atoms with van der Waals surface area (Å²) in [6.45, 7) is 4.66. The first-order valence-electron chi connectivity index (χ1n) is 6.86. The zero-order valence-electron chi connectivity index (χ0n) is 12.1. The van der Waals surface area contributed by atoms with Gasteiger partial charge in [-0.2, -0.15) is 0 Å². The minimum atomic E-state index is 0. The number of methoxy groups -OCH3 is 1. The van der Waals surface area contributed by atoms with Crippen molar-refractivity contribution in [2.45, 2.75) is 38.5 Å². The van der Waals surface area contributed by atoms with Gasteiger partial charge >= 0.3 is 0 Å². The molecule has 1 aliphatic heterocycles. The highest BCUT2D eigenvalue weighted by Crippen LogP contribution is 2.23. The van der Waals surface area contributed by atoms with Gasteiger partial charge in [-0.3, -0.25) is 4.90 Å². The zero-order valence-corrected chi connectivity index (χ0v) is 13.7. The lowest BCUT2D eigenvalue weighted by Gasteiger charge is -2.38. The predicted octanol–water partition coefficient (Wildman–Crippen LogP) is 3.01. The van der Waals surface area contributed by atoms with Gasteiger partial charge in [0.05, 0.1) is 6.10 Å². The van der Waals surface area contributed by atoms with Crippen LogP contribution in [0.25, 0.3) is 0 Å². The molecule has 1 heterocycles. The molecular weight excluding hydrogens is 295 g/mol. The summed E-state index contributed by atoms with van der Waals surface area (Å²) in [6.07, 6.45) is 2.45. The third-order valence-electron chi connectivity index (χ3n) is 4.02. The lowest BCUT2D eigenvalue weighted by Crippen LogP contribution is -2.47. The van der Waals surface area contributed by atoms with Crippen LogP contribution in [-0.4, -0.2) is 37.2 Å². The Morgan fingerprint density at radius 2 is 2.20 bits per heavy atom. The second-order valence-corrected chi connectivity index (χ2v) is 5.73. The summed E-state index contributed by atoms with van der Waals surface area (Å²) in [7, 11) is 1.79. The van der Waals surface area contributed by atoms with E-state index >= 15 is 0 Å². The molecule has 2 unspecified atom stereocenters. The number of piperidine rings is 1. The average molecular weight is 319 g/mol. The Morgan fingerprint density at radius 1 is 1.45 bits per heavy atom. The molecule has 3 nitrogen and oxygen atoms in total. The number of aryl methyl sites for hydroxylation is 1. The van der Waals surface area contributed by atoms with E-state index in [0.29, 0.717) is 18.7 Å². The monoisotopic (exact) mass is 318 g/mol. The summed E-state index contributed by atoms with van der Waals surface area (Å²) in [5, 5.41) is 0.841. The highest BCUT2D eigenvalue weighted by molar-refractivity contribution is 6.31. The van der Waals surface area contributed by atoms with Crippen LogP contribution < -0.4 is 5.73 Å². The van der Waals surface area contributed by atoms with Gasteiger partial charge in [-0.25, -0.2) is 0 Å².